The van der Waals surface area contributed by atoms with Crippen molar-refractivity contribution in [3.8, 4) is 11.5 Å². The van der Waals surface area contributed by atoms with Crippen molar-refractivity contribution in [3.05, 3.63) is 60.0 Å². The van der Waals surface area contributed by atoms with Gasteiger partial charge in [-0.05, 0) is 44.4 Å². The van der Waals surface area contributed by atoms with Crippen molar-refractivity contribution < 1.29 is 41.4 Å². The predicted molar refractivity (Wildman–Crippen MR) is 121 cm³/mol. The zero-order chi connectivity index (χ0) is 25.2. The van der Waals surface area contributed by atoms with Gasteiger partial charge in [0.25, 0.3) is 0 Å². The topological polar surface area (TPSA) is 61.8 Å². The molecule has 2 aromatic carbocycles. The van der Waals surface area contributed by atoms with Gasteiger partial charge in [0.05, 0.1) is 16.0 Å². The van der Waals surface area contributed by atoms with Crippen molar-refractivity contribution in [2.45, 2.75) is 33.1 Å². The summed E-state index contributed by atoms with van der Waals surface area (Å²) in [5, 5.41) is 0.704. The van der Waals surface area contributed by atoms with Crippen LogP contribution in [0.5, 0.6) is 11.5 Å². The molecular formula is C24H20F4O5S. The monoisotopic (exact) mass is 496 g/mol. The van der Waals surface area contributed by atoms with Crippen LogP contribution in [0.25, 0.3) is 20.2 Å². The van der Waals surface area contributed by atoms with Gasteiger partial charge >= 0.3 is 18.3 Å². The maximum atomic E-state index is 15.2. The van der Waals surface area contributed by atoms with Gasteiger partial charge in [-0.1, -0.05) is 25.3 Å². The molecule has 0 amide bonds. The van der Waals surface area contributed by atoms with Crippen LogP contribution in [-0.2, 0) is 20.7 Å². The summed E-state index contributed by atoms with van der Waals surface area (Å²) < 4.78 is 68.9. The van der Waals surface area contributed by atoms with Crippen LogP contribution >= 0.6 is 11.3 Å². The number of carbonyl (C=O) groups excluding carboxylic acids is 2. The number of ether oxygens (including phenoxy) is 3. The highest BCUT2D eigenvalue weighted by atomic mass is 32.1. The summed E-state index contributed by atoms with van der Waals surface area (Å²) in [6.45, 7) is 9.81. The fraction of sp³-hybridized carbons (Fsp3) is 0.250. The van der Waals surface area contributed by atoms with Gasteiger partial charge in [0.1, 0.15) is 5.82 Å². The third kappa shape index (κ3) is 5.56. The zero-order valence-electron chi connectivity index (χ0n) is 18.3. The Bertz CT molecular complexity index is 1310. The molecule has 0 radical (unpaired) electrons. The average molecular weight is 496 g/mol. The Morgan fingerprint density at radius 1 is 0.971 bits per heavy atom. The summed E-state index contributed by atoms with van der Waals surface area (Å²) in [4.78, 5) is 23.3. The largest absolute Gasteiger partial charge is 0.573 e. The van der Waals surface area contributed by atoms with Crippen LogP contribution < -0.4 is 9.47 Å². The van der Waals surface area contributed by atoms with E-state index in [4.69, 9.17) is 9.47 Å². The van der Waals surface area contributed by atoms with Gasteiger partial charge in [0.15, 0.2) is 11.5 Å². The fourth-order valence-corrected chi connectivity index (χ4v) is 4.33. The second-order valence-electron chi connectivity index (χ2n) is 7.52. The number of alkyl halides is 3. The highest BCUT2D eigenvalue weighted by Crippen LogP contribution is 2.47. The van der Waals surface area contributed by atoms with E-state index >= 15 is 4.39 Å². The van der Waals surface area contributed by atoms with Crippen molar-refractivity contribution >= 4 is 43.4 Å². The lowest BCUT2D eigenvalue weighted by atomic mass is 10.1. The van der Waals surface area contributed by atoms with Crippen LogP contribution in [0, 0.1) is 5.82 Å². The molecule has 0 spiro atoms. The Hall–Kier alpha value is -3.40. The normalized spacial score (nSPS) is 11.5. The third-order valence-corrected chi connectivity index (χ3v) is 5.90. The quantitative estimate of drug-likeness (QED) is 0.115. The molecule has 0 aliphatic carbocycles. The molecule has 5 nitrogen and oxygen atoms in total. The highest BCUT2D eigenvalue weighted by Gasteiger charge is 2.34. The van der Waals surface area contributed by atoms with E-state index in [9.17, 15) is 22.8 Å². The van der Waals surface area contributed by atoms with Crippen LogP contribution in [0.2, 0.25) is 0 Å². The second kappa shape index (κ2) is 9.84. The number of halogens is 4. The first-order chi connectivity index (χ1) is 15.9. The standard InChI is InChI=1S/C24H20F4O5S/c1-12(2)22(29)31-11-5-6-14-7-8-15-16-9-10-17(32-23(30)13(3)4)19(33-24(26,27)28)21(16)34-20(15)18(14)25/h7-10H,1,3,5-6,11H2,2,4H3. The molecule has 0 unspecified atom stereocenters. The Labute approximate surface area is 196 Å². The summed E-state index contributed by atoms with van der Waals surface area (Å²) in [5.41, 5.74) is 0.555. The van der Waals surface area contributed by atoms with Crippen molar-refractivity contribution in [2.75, 3.05) is 6.61 Å². The number of esters is 2. The van der Waals surface area contributed by atoms with Crippen molar-refractivity contribution in [1.29, 1.82) is 0 Å². The molecule has 0 atom stereocenters. The Kier molecular flexibility index (Phi) is 7.30. The van der Waals surface area contributed by atoms with Crippen molar-refractivity contribution in [3.63, 3.8) is 0 Å². The molecule has 0 N–H and O–H groups in total. The average Bonchev–Trinajstić information content (AvgIpc) is 3.12. The Balaban J connectivity index is 2.00. The minimum Gasteiger partial charge on any atom is -0.462 e. The predicted octanol–water partition coefficient (Wildman–Crippen LogP) is 6.63. The number of thiophene rings is 1. The van der Waals surface area contributed by atoms with Crippen LogP contribution in [0.1, 0.15) is 25.8 Å². The van der Waals surface area contributed by atoms with Crippen molar-refractivity contribution in [2.24, 2.45) is 0 Å². The van der Waals surface area contributed by atoms with Crippen LogP contribution in [0.3, 0.4) is 0 Å². The summed E-state index contributed by atoms with van der Waals surface area (Å²) >= 11 is 0.757. The zero-order valence-corrected chi connectivity index (χ0v) is 19.1. The first kappa shape index (κ1) is 25.2. The first-order valence-electron chi connectivity index (χ1n) is 10.0. The van der Waals surface area contributed by atoms with E-state index < -0.39 is 35.6 Å². The number of rotatable bonds is 8. The molecule has 1 heterocycles. The van der Waals surface area contributed by atoms with Gasteiger partial charge in [0.2, 0.25) is 0 Å². The third-order valence-electron chi connectivity index (χ3n) is 4.69. The summed E-state index contributed by atoms with van der Waals surface area (Å²) in [6.07, 6.45) is -4.48. The molecule has 3 aromatic rings. The van der Waals surface area contributed by atoms with Crippen molar-refractivity contribution in [1.82, 2.24) is 0 Å². The molecule has 0 aliphatic heterocycles. The molecule has 0 saturated carbocycles. The SMILES string of the molecule is C=C(C)C(=O)OCCCc1ccc2c(sc3c(OC(F)(F)F)c(OC(=O)C(=C)C)ccc32)c1F. The smallest absolute Gasteiger partial charge is 0.462 e. The molecule has 0 saturated heterocycles. The molecule has 3 rings (SSSR count). The number of hydrogen-bond acceptors (Lipinski definition) is 6. The number of fused-ring (bicyclic) bond motifs is 3. The lowest BCUT2D eigenvalue weighted by molar-refractivity contribution is -0.274. The van der Waals surface area contributed by atoms with Crippen LogP contribution in [0.15, 0.2) is 48.6 Å². The van der Waals surface area contributed by atoms with Crippen LogP contribution in [-0.4, -0.2) is 24.9 Å². The maximum Gasteiger partial charge on any atom is 0.573 e. The van der Waals surface area contributed by atoms with E-state index in [1.54, 1.807) is 6.07 Å². The van der Waals surface area contributed by atoms with E-state index in [0.717, 1.165) is 17.4 Å². The summed E-state index contributed by atoms with van der Waals surface area (Å²) in [7, 11) is 0. The molecule has 34 heavy (non-hydrogen) atoms. The minimum absolute atomic E-state index is 0.0148. The maximum absolute atomic E-state index is 15.2. The highest BCUT2D eigenvalue weighted by molar-refractivity contribution is 7.26. The molecule has 0 fully saturated rings. The van der Waals surface area contributed by atoms with Crippen LogP contribution in [0.4, 0.5) is 17.6 Å². The van der Waals surface area contributed by atoms with E-state index in [2.05, 4.69) is 17.9 Å². The molecule has 10 heteroatoms. The summed E-state index contributed by atoms with van der Waals surface area (Å²) in [6, 6.07) is 5.74. The van der Waals surface area contributed by atoms with E-state index in [-0.39, 0.29) is 33.6 Å². The van der Waals surface area contributed by atoms with E-state index in [1.807, 2.05) is 0 Å². The fourth-order valence-electron chi connectivity index (χ4n) is 3.09. The number of hydrogen-bond donors (Lipinski definition) is 0. The second-order valence-corrected chi connectivity index (χ2v) is 8.54. The molecule has 180 valence electrons. The summed E-state index contributed by atoms with van der Waals surface area (Å²) in [5.74, 6) is -3.24. The van der Waals surface area contributed by atoms with Gasteiger partial charge < -0.3 is 14.2 Å². The number of aryl methyl sites for hydroxylation is 1. The van der Waals surface area contributed by atoms with Gasteiger partial charge in [-0.2, -0.15) is 0 Å². The minimum atomic E-state index is -5.07. The molecule has 0 aliphatic rings. The number of carbonyl (C=O) groups is 2. The molecular weight excluding hydrogens is 476 g/mol. The van der Waals surface area contributed by atoms with E-state index in [1.165, 1.54) is 26.0 Å². The van der Waals surface area contributed by atoms with Gasteiger partial charge in [-0.25, -0.2) is 14.0 Å². The van der Waals surface area contributed by atoms with Gasteiger partial charge in [-0.15, -0.1) is 24.5 Å². The molecule has 1 aromatic heterocycles. The van der Waals surface area contributed by atoms with E-state index in [0.29, 0.717) is 22.8 Å². The lowest BCUT2D eigenvalue weighted by Crippen LogP contribution is -2.18. The Morgan fingerprint density at radius 2 is 1.59 bits per heavy atom. The van der Waals surface area contributed by atoms with Gasteiger partial charge in [-0.3, -0.25) is 0 Å². The molecule has 0 bridgehead atoms. The number of benzene rings is 2. The Morgan fingerprint density at radius 3 is 2.21 bits per heavy atom. The van der Waals surface area contributed by atoms with Gasteiger partial charge in [0, 0.05) is 21.9 Å². The lowest BCUT2D eigenvalue weighted by Gasteiger charge is -2.14. The first-order valence-corrected chi connectivity index (χ1v) is 10.8.